The van der Waals surface area contributed by atoms with Gasteiger partial charge in [-0.1, -0.05) is 29.8 Å². The van der Waals surface area contributed by atoms with Crippen LogP contribution in [0.2, 0.25) is 0 Å². The van der Waals surface area contributed by atoms with E-state index in [4.69, 9.17) is 16.3 Å². The number of likely N-dealkylation sites (tertiary alicyclic amines) is 1. The number of rotatable bonds is 2. The van der Waals surface area contributed by atoms with Crippen molar-refractivity contribution in [3.8, 4) is 0 Å². The van der Waals surface area contributed by atoms with Gasteiger partial charge in [-0.2, -0.15) is 0 Å². The molecular formula is C21H23ClN2O3. The molecule has 1 aromatic heterocycles. The minimum absolute atomic E-state index is 0.0325. The lowest BCUT2D eigenvalue weighted by atomic mass is 9.68. The lowest BCUT2D eigenvalue weighted by Gasteiger charge is -2.47. The monoisotopic (exact) mass is 386 g/mol. The highest BCUT2D eigenvalue weighted by Crippen LogP contribution is 2.53. The van der Waals surface area contributed by atoms with E-state index in [1.807, 2.05) is 43.1 Å². The van der Waals surface area contributed by atoms with Crippen LogP contribution in [0.1, 0.15) is 36.6 Å². The maximum absolute atomic E-state index is 12.9. The molecule has 5 nitrogen and oxygen atoms in total. The number of allylic oxidation sites excluding steroid dienone is 1. The molecule has 1 aliphatic heterocycles. The smallest absolute Gasteiger partial charge is 0.313 e. The van der Waals surface area contributed by atoms with Crippen LogP contribution in [0.5, 0.6) is 0 Å². The Morgan fingerprint density at radius 3 is 2.74 bits per heavy atom. The molecule has 4 rings (SSSR count). The molecule has 0 unspecified atom stereocenters. The number of esters is 1. The molecule has 2 heterocycles. The van der Waals surface area contributed by atoms with Crippen LogP contribution in [0, 0.1) is 5.92 Å². The fraction of sp³-hybridized carbons (Fsp3) is 0.429. The summed E-state index contributed by atoms with van der Waals surface area (Å²) >= 11 is 5.91. The molecule has 1 saturated heterocycles. The van der Waals surface area contributed by atoms with Gasteiger partial charge in [-0.15, -0.1) is 11.6 Å². The van der Waals surface area contributed by atoms with E-state index in [1.54, 1.807) is 0 Å². The third kappa shape index (κ3) is 2.52. The number of para-hydroxylation sites is 1. The van der Waals surface area contributed by atoms with E-state index in [9.17, 15) is 9.59 Å². The number of carbonyl (C=O) groups excluding carboxylic acids is 2. The molecular weight excluding hydrogens is 364 g/mol. The fourth-order valence-corrected chi connectivity index (χ4v) is 5.13. The zero-order valence-electron chi connectivity index (χ0n) is 15.7. The SMILES string of the molecule is C/C=C1/CN(C(=O)CCl)[C@H]2C[C@@H]1[C@@H](C(=O)OC)c1c2n(C)c2ccccc12. The van der Waals surface area contributed by atoms with Gasteiger partial charge in [0.1, 0.15) is 5.88 Å². The van der Waals surface area contributed by atoms with Crippen molar-refractivity contribution in [3.63, 3.8) is 0 Å². The number of piperidine rings is 1. The van der Waals surface area contributed by atoms with Gasteiger partial charge in [0, 0.05) is 36.1 Å². The Balaban J connectivity index is 2.03. The van der Waals surface area contributed by atoms with E-state index >= 15 is 0 Å². The van der Waals surface area contributed by atoms with Crippen LogP contribution in [0.15, 0.2) is 35.9 Å². The van der Waals surface area contributed by atoms with Crippen LogP contribution in [0.3, 0.4) is 0 Å². The van der Waals surface area contributed by atoms with Crippen molar-refractivity contribution in [2.45, 2.75) is 25.3 Å². The zero-order valence-corrected chi connectivity index (χ0v) is 16.5. The second-order valence-corrected chi connectivity index (χ2v) is 7.52. The zero-order chi connectivity index (χ0) is 19.3. The Bertz CT molecular complexity index is 962. The average molecular weight is 387 g/mol. The summed E-state index contributed by atoms with van der Waals surface area (Å²) in [5.74, 6) is -0.658. The Labute approximate surface area is 163 Å². The molecule has 0 spiro atoms. The summed E-state index contributed by atoms with van der Waals surface area (Å²) in [4.78, 5) is 27.3. The number of hydrogen-bond acceptors (Lipinski definition) is 3. The highest BCUT2D eigenvalue weighted by molar-refractivity contribution is 6.27. The van der Waals surface area contributed by atoms with E-state index in [0.717, 1.165) is 27.7 Å². The molecule has 27 heavy (non-hydrogen) atoms. The first-order chi connectivity index (χ1) is 13.0. The number of nitrogens with zero attached hydrogens (tertiary/aromatic N) is 2. The number of alkyl halides is 1. The number of benzene rings is 1. The van der Waals surface area contributed by atoms with E-state index in [1.165, 1.54) is 7.11 Å². The number of halogens is 1. The van der Waals surface area contributed by atoms with Crippen molar-refractivity contribution in [2.75, 3.05) is 19.5 Å². The molecule has 0 N–H and O–H groups in total. The molecule has 3 atom stereocenters. The fourth-order valence-electron chi connectivity index (χ4n) is 4.98. The van der Waals surface area contributed by atoms with E-state index in [-0.39, 0.29) is 35.6 Å². The lowest BCUT2D eigenvalue weighted by Crippen LogP contribution is -2.48. The van der Waals surface area contributed by atoms with E-state index in [0.29, 0.717) is 13.0 Å². The third-order valence-corrected chi connectivity index (χ3v) is 6.39. The lowest BCUT2D eigenvalue weighted by molar-refractivity contribution is -0.144. The summed E-state index contributed by atoms with van der Waals surface area (Å²) < 4.78 is 7.33. The van der Waals surface area contributed by atoms with E-state index in [2.05, 4.69) is 10.6 Å². The first kappa shape index (κ1) is 18.1. The van der Waals surface area contributed by atoms with Crippen molar-refractivity contribution in [1.82, 2.24) is 9.47 Å². The first-order valence-corrected chi connectivity index (χ1v) is 9.72. The molecule has 2 bridgehead atoms. The summed E-state index contributed by atoms with van der Waals surface area (Å²) in [6.45, 7) is 2.47. The molecule has 0 radical (unpaired) electrons. The van der Waals surface area contributed by atoms with Gasteiger partial charge in [0.25, 0.3) is 0 Å². The number of methoxy groups -OCH3 is 1. The summed E-state index contributed by atoms with van der Waals surface area (Å²) in [6, 6.07) is 7.99. The van der Waals surface area contributed by atoms with Crippen LogP contribution in [-0.2, 0) is 21.4 Å². The van der Waals surface area contributed by atoms with Crippen molar-refractivity contribution in [1.29, 1.82) is 0 Å². The van der Waals surface area contributed by atoms with Gasteiger partial charge in [0.2, 0.25) is 5.91 Å². The van der Waals surface area contributed by atoms with Crippen LogP contribution in [0.25, 0.3) is 10.9 Å². The van der Waals surface area contributed by atoms with Gasteiger partial charge in [0.05, 0.1) is 19.1 Å². The molecule has 6 heteroatoms. The number of aromatic nitrogens is 1. The van der Waals surface area contributed by atoms with Gasteiger partial charge >= 0.3 is 5.97 Å². The summed E-state index contributed by atoms with van der Waals surface area (Å²) in [7, 11) is 3.45. The predicted molar refractivity (Wildman–Crippen MR) is 105 cm³/mol. The van der Waals surface area contributed by atoms with Crippen LogP contribution < -0.4 is 0 Å². The van der Waals surface area contributed by atoms with Crippen molar-refractivity contribution in [2.24, 2.45) is 13.0 Å². The molecule has 2 aliphatic rings. The van der Waals surface area contributed by atoms with Gasteiger partial charge < -0.3 is 14.2 Å². The van der Waals surface area contributed by atoms with Crippen LogP contribution in [-0.4, -0.2) is 40.9 Å². The molecule has 2 aromatic rings. The highest BCUT2D eigenvalue weighted by atomic mass is 35.5. The standard InChI is InChI=1S/C21H23ClN2O3/c1-4-12-11-24(17(25)10-22)16-9-14(12)19(21(26)27-3)18-13-7-5-6-8-15(13)23(2)20(16)18/h4-8,14,16,19H,9-11H2,1-3H3/b12-4-/t14-,16-,19+/m0/s1. The Kier molecular flexibility index (Phi) is 4.50. The van der Waals surface area contributed by atoms with E-state index < -0.39 is 0 Å². The number of carbonyl (C=O) groups is 2. The van der Waals surface area contributed by atoms with Gasteiger partial charge in [-0.25, -0.2) is 0 Å². The molecule has 1 amide bonds. The second kappa shape index (κ2) is 6.71. The molecule has 1 aromatic carbocycles. The Morgan fingerprint density at radius 2 is 2.07 bits per heavy atom. The average Bonchev–Trinajstić information content (AvgIpc) is 3.00. The van der Waals surface area contributed by atoms with Crippen molar-refractivity contribution in [3.05, 3.63) is 47.2 Å². The molecule has 0 saturated carbocycles. The quantitative estimate of drug-likeness (QED) is 0.450. The summed E-state index contributed by atoms with van der Waals surface area (Å²) in [5.41, 5.74) is 4.17. The summed E-state index contributed by atoms with van der Waals surface area (Å²) in [5, 5.41) is 1.05. The number of fused-ring (bicyclic) bond motifs is 6. The van der Waals surface area contributed by atoms with Crippen molar-refractivity contribution >= 4 is 34.4 Å². The van der Waals surface area contributed by atoms with Crippen LogP contribution in [0.4, 0.5) is 0 Å². The minimum atomic E-state index is -0.355. The Hall–Kier alpha value is -2.27. The van der Waals surface area contributed by atoms with Crippen molar-refractivity contribution < 1.29 is 14.3 Å². The largest absolute Gasteiger partial charge is 0.469 e. The molecule has 1 aliphatic carbocycles. The van der Waals surface area contributed by atoms with Gasteiger partial charge in [0.15, 0.2) is 0 Å². The maximum Gasteiger partial charge on any atom is 0.313 e. The summed E-state index contributed by atoms with van der Waals surface area (Å²) in [6.07, 6.45) is 2.74. The normalized spacial score (nSPS) is 25.6. The highest BCUT2D eigenvalue weighted by Gasteiger charge is 2.49. The molecule has 1 fully saturated rings. The number of aryl methyl sites for hydroxylation is 1. The molecule has 142 valence electrons. The van der Waals surface area contributed by atoms with Gasteiger partial charge in [-0.3, -0.25) is 9.59 Å². The maximum atomic E-state index is 12.9. The van der Waals surface area contributed by atoms with Gasteiger partial charge in [-0.05, 0) is 25.0 Å². The number of ether oxygens (including phenoxy) is 1. The minimum Gasteiger partial charge on any atom is -0.469 e. The number of hydrogen-bond donors (Lipinski definition) is 0. The van der Waals surface area contributed by atoms with Crippen LogP contribution >= 0.6 is 11.6 Å². The second-order valence-electron chi connectivity index (χ2n) is 7.25. The topological polar surface area (TPSA) is 51.5 Å². The first-order valence-electron chi connectivity index (χ1n) is 9.19. The third-order valence-electron chi connectivity index (χ3n) is 6.17. The Morgan fingerprint density at radius 1 is 1.33 bits per heavy atom. The number of amides is 1. The predicted octanol–water partition coefficient (Wildman–Crippen LogP) is 3.52.